The number of hydrogen-bond acceptors (Lipinski definition) is 3. The summed E-state index contributed by atoms with van der Waals surface area (Å²) < 4.78 is 0. The van der Waals surface area contributed by atoms with Gasteiger partial charge in [0.25, 0.3) is 0 Å². The minimum absolute atomic E-state index is 0.131. The van der Waals surface area contributed by atoms with Crippen molar-refractivity contribution in [1.29, 1.82) is 0 Å². The number of carbonyl (C=O) groups is 1. The zero-order chi connectivity index (χ0) is 15.9. The average molecular weight is 354 g/mol. The van der Waals surface area contributed by atoms with E-state index in [1.165, 1.54) is 12.1 Å². The molecule has 0 spiro atoms. The van der Waals surface area contributed by atoms with Crippen LogP contribution in [0, 0.1) is 0 Å². The molecule has 0 aliphatic rings. The Balaban J connectivity index is 2.31. The van der Waals surface area contributed by atoms with Crippen molar-refractivity contribution in [3.05, 3.63) is 57.2 Å². The van der Waals surface area contributed by atoms with Gasteiger partial charge in [0.1, 0.15) is 0 Å². The smallest absolute Gasteiger partial charge is 0.355 e. The third-order valence-electron chi connectivity index (χ3n) is 3.04. The van der Waals surface area contributed by atoms with Crippen molar-refractivity contribution in [1.82, 2.24) is 9.97 Å². The highest BCUT2D eigenvalue weighted by molar-refractivity contribution is 6.42. The molecule has 0 bridgehead atoms. The first kappa shape index (κ1) is 15.0. The maximum Gasteiger partial charge on any atom is 0.355 e. The van der Waals surface area contributed by atoms with Crippen LogP contribution in [0.2, 0.25) is 15.1 Å². The molecule has 0 fully saturated rings. The monoisotopic (exact) mass is 352 g/mol. The molecule has 22 heavy (non-hydrogen) atoms. The van der Waals surface area contributed by atoms with Gasteiger partial charge in [-0.15, -0.1) is 0 Å². The number of aromatic nitrogens is 2. The van der Waals surface area contributed by atoms with Gasteiger partial charge < -0.3 is 5.11 Å². The molecule has 0 saturated carbocycles. The second-order valence-electron chi connectivity index (χ2n) is 4.49. The molecule has 1 heterocycles. The second-order valence-corrected chi connectivity index (χ2v) is 5.74. The molecule has 1 N–H and O–H groups in total. The molecule has 3 aromatic rings. The molecular formula is C15H7Cl3N2O2. The highest BCUT2D eigenvalue weighted by Crippen LogP contribution is 2.30. The lowest BCUT2D eigenvalue weighted by molar-refractivity contribution is 0.0693. The van der Waals surface area contributed by atoms with Gasteiger partial charge in [0.2, 0.25) is 0 Å². The Labute approximate surface area is 140 Å². The number of fused-ring (bicyclic) bond motifs is 1. The fourth-order valence-electron chi connectivity index (χ4n) is 2.01. The van der Waals surface area contributed by atoms with Gasteiger partial charge in [0, 0.05) is 16.0 Å². The first-order valence-electron chi connectivity index (χ1n) is 6.12. The Morgan fingerprint density at radius 3 is 2.23 bits per heavy atom. The van der Waals surface area contributed by atoms with E-state index in [4.69, 9.17) is 34.8 Å². The zero-order valence-electron chi connectivity index (χ0n) is 10.8. The quantitative estimate of drug-likeness (QED) is 0.707. The molecule has 0 aliphatic heterocycles. The van der Waals surface area contributed by atoms with E-state index in [2.05, 4.69) is 9.97 Å². The van der Waals surface area contributed by atoms with Crippen molar-refractivity contribution in [3.63, 3.8) is 0 Å². The van der Waals surface area contributed by atoms with E-state index in [1.54, 1.807) is 24.3 Å². The molecule has 3 rings (SSSR count). The molecule has 0 unspecified atom stereocenters. The molecule has 0 atom stereocenters. The maximum absolute atomic E-state index is 11.5. The molecule has 2 aromatic carbocycles. The number of halogens is 3. The zero-order valence-corrected chi connectivity index (χ0v) is 13.1. The standard InChI is InChI=1S/C15H7Cl3N2O2/c16-8-3-1-7(2-4-8)14-19-12-6-11(18)10(17)5-9(12)13(20-14)15(21)22/h1-6H,(H,21,22). The maximum atomic E-state index is 11.5. The largest absolute Gasteiger partial charge is 0.476 e. The van der Waals surface area contributed by atoms with E-state index in [0.29, 0.717) is 26.5 Å². The van der Waals surface area contributed by atoms with Crippen LogP contribution < -0.4 is 0 Å². The van der Waals surface area contributed by atoms with Gasteiger partial charge in [-0.2, -0.15) is 0 Å². The summed E-state index contributed by atoms with van der Waals surface area (Å²) in [4.78, 5) is 19.9. The van der Waals surface area contributed by atoms with Gasteiger partial charge in [-0.1, -0.05) is 34.8 Å². The number of carboxylic acids is 1. The summed E-state index contributed by atoms with van der Waals surface area (Å²) in [6, 6.07) is 9.76. The fourth-order valence-corrected chi connectivity index (χ4v) is 2.46. The molecule has 0 saturated heterocycles. The van der Waals surface area contributed by atoms with Crippen LogP contribution in [0.5, 0.6) is 0 Å². The summed E-state index contributed by atoms with van der Waals surface area (Å²) in [5.74, 6) is -0.888. The highest BCUT2D eigenvalue weighted by atomic mass is 35.5. The summed E-state index contributed by atoms with van der Waals surface area (Å²) in [5.41, 5.74) is 0.931. The van der Waals surface area contributed by atoms with Gasteiger partial charge in [0.15, 0.2) is 11.5 Å². The van der Waals surface area contributed by atoms with E-state index in [0.717, 1.165) is 0 Å². The highest BCUT2D eigenvalue weighted by Gasteiger charge is 2.16. The minimum Gasteiger partial charge on any atom is -0.476 e. The first-order chi connectivity index (χ1) is 10.5. The predicted octanol–water partition coefficient (Wildman–Crippen LogP) is 4.96. The molecular weight excluding hydrogens is 347 g/mol. The third-order valence-corrected chi connectivity index (χ3v) is 4.02. The van der Waals surface area contributed by atoms with Crippen LogP contribution in [0.3, 0.4) is 0 Å². The third kappa shape index (κ3) is 2.73. The molecule has 7 heteroatoms. The molecule has 1 aromatic heterocycles. The number of rotatable bonds is 2. The number of aromatic carboxylic acids is 1. The second kappa shape index (κ2) is 5.72. The van der Waals surface area contributed by atoms with E-state index in [9.17, 15) is 9.90 Å². The Kier molecular flexibility index (Phi) is 3.91. The number of benzene rings is 2. The first-order valence-corrected chi connectivity index (χ1v) is 7.25. The molecule has 0 aliphatic carbocycles. The van der Waals surface area contributed by atoms with Crippen molar-refractivity contribution < 1.29 is 9.90 Å². The van der Waals surface area contributed by atoms with Crippen molar-refractivity contribution in [3.8, 4) is 11.4 Å². The number of carboxylic acid groups (broad SMARTS) is 1. The van der Waals surface area contributed by atoms with Crippen molar-refractivity contribution >= 4 is 51.7 Å². The Morgan fingerprint density at radius 2 is 1.59 bits per heavy atom. The van der Waals surface area contributed by atoms with Gasteiger partial charge >= 0.3 is 5.97 Å². The molecule has 0 radical (unpaired) electrons. The van der Waals surface area contributed by atoms with E-state index in [1.807, 2.05) is 0 Å². The van der Waals surface area contributed by atoms with Crippen LogP contribution in [0.1, 0.15) is 10.5 Å². The fraction of sp³-hybridized carbons (Fsp3) is 0. The predicted molar refractivity (Wildman–Crippen MR) is 87.0 cm³/mol. The molecule has 110 valence electrons. The SMILES string of the molecule is O=C(O)c1nc(-c2ccc(Cl)cc2)nc2cc(Cl)c(Cl)cc12. The van der Waals surface area contributed by atoms with E-state index < -0.39 is 5.97 Å². The van der Waals surface area contributed by atoms with E-state index in [-0.39, 0.29) is 16.5 Å². The number of hydrogen-bond donors (Lipinski definition) is 1. The summed E-state index contributed by atoms with van der Waals surface area (Å²) >= 11 is 17.8. The van der Waals surface area contributed by atoms with E-state index >= 15 is 0 Å². The lowest BCUT2D eigenvalue weighted by atomic mass is 10.1. The van der Waals surface area contributed by atoms with Gasteiger partial charge in [-0.05, 0) is 36.4 Å². The van der Waals surface area contributed by atoms with Crippen molar-refractivity contribution in [2.75, 3.05) is 0 Å². The Bertz CT molecular complexity index is 895. The lowest BCUT2D eigenvalue weighted by Gasteiger charge is -2.07. The summed E-state index contributed by atoms with van der Waals surface area (Å²) in [7, 11) is 0. The van der Waals surface area contributed by atoms with Gasteiger partial charge in [-0.25, -0.2) is 14.8 Å². The Morgan fingerprint density at radius 1 is 0.955 bits per heavy atom. The topological polar surface area (TPSA) is 63.1 Å². The summed E-state index contributed by atoms with van der Waals surface area (Å²) in [5, 5.41) is 10.8. The normalized spacial score (nSPS) is 10.9. The lowest BCUT2D eigenvalue weighted by Crippen LogP contribution is -2.05. The van der Waals surface area contributed by atoms with Crippen LogP contribution in [0.25, 0.3) is 22.3 Å². The van der Waals surface area contributed by atoms with Crippen LogP contribution in [-0.4, -0.2) is 21.0 Å². The van der Waals surface area contributed by atoms with Crippen molar-refractivity contribution in [2.24, 2.45) is 0 Å². The van der Waals surface area contributed by atoms with Crippen LogP contribution in [-0.2, 0) is 0 Å². The van der Waals surface area contributed by atoms with Crippen LogP contribution >= 0.6 is 34.8 Å². The van der Waals surface area contributed by atoms with Gasteiger partial charge in [0.05, 0.1) is 15.6 Å². The van der Waals surface area contributed by atoms with Gasteiger partial charge in [-0.3, -0.25) is 0 Å². The minimum atomic E-state index is -1.17. The summed E-state index contributed by atoms with van der Waals surface area (Å²) in [6.45, 7) is 0. The van der Waals surface area contributed by atoms with Crippen LogP contribution in [0.4, 0.5) is 0 Å². The molecule has 4 nitrogen and oxygen atoms in total. The average Bonchev–Trinajstić information content (AvgIpc) is 2.48. The van der Waals surface area contributed by atoms with Crippen molar-refractivity contribution in [2.45, 2.75) is 0 Å². The summed E-state index contributed by atoms with van der Waals surface area (Å²) in [6.07, 6.45) is 0. The number of nitrogens with zero attached hydrogens (tertiary/aromatic N) is 2. The van der Waals surface area contributed by atoms with Crippen LogP contribution in [0.15, 0.2) is 36.4 Å². The Hall–Kier alpha value is -1.88. The molecule has 0 amide bonds.